The lowest BCUT2D eigenvalue weighted by Crippen LogP contribution is -2.25. The third-order valence-electron chi connectivity index (χ3n) is 6.99. The molecule has 3 heterocycles. The number of amides is 1. The van der Waals surface area contributed by atoms with E-state index in [-0.39, 0.29) is 17.6 Å². The molecule has 0 atom stereocenters. The van der Waals surface area contributed by atoms with Crippen molar-refractivity contribution in [2.45, 2.75) is 97.6 Å². The zero-order chi connectivity index (χ0) is 28.7. The summed E-state index contributed by atoms with van der Waals surface area (Å²) in [6.07, 6.45) is 16.5. The van der Waals surface area contributed by atoms with Crippen LogP contribution in [0.4, 0.5) is 5.69 Å². The fourth-order valence-electron chi connectivity index (χ4n) is 4.81. The summed E-state index contributed by atoms with van der Waals surface area (Å²) < 4.78 is 12.8. The first-order valence-electron chi connectivity index (χ1n) is 14.4. The van der Waals surface area contributed by atoms with Crippen molar-refractivity contribution in [2.75, 3.05) is 18.5 Å². The number of nitrogens with one attached hydrogen (secondary N) is 1. The third-order valence-corrected chi connectivity index (χ3v) is 7.88. The normalized spacial score (nSPS) is 16.6. The number of thiazole rings is 1. The number of esters is 1. The zero-order valence-corrected chi connectivity index (χ0v) is 25.2. The van der Waals surface area contributed by atoms with Crippen LogP contribution in [0.1, 0.15) is 118 Å². The highest BCUT2D eigenvalue weighted by atomic mass is 32.1. The quantitative estimate of drug-likeness (QED) is 0.236. The molecule has 4 rings (SSSR count). The van der Waals surface area contributed by atoms with Gasteiger partial charge >= 0.3 is 5.97 Å². The Morgan fingerprint density at radius 1 is 1.15 bits per heavy atom. The van der Waals surface area contributed by atoms with E-state index in [4.69, 9.17) is 9.47 Å². The van der Waals surface area contributed by atoms with Gasteiger partial charge in [0.15, 0.2) is 5.69 Å². The Labute approximate surface area is 241 Å². The monoisotopic (exact) mass is 566 g/mol. The lowest BCUT2D eigenvalue weighted by atomic mass is 9.98. The second-order valence-electron chi connectivity index (χ2n) is 11.4. The number of carbonyl (C=O) groups is 2. The number of anilines is 1. The van der Waals surface area contributed by atoms with E-state index < -0.39 is 11.6 Å². The van der Waals surface area contributed by atoms with Gasteiger partial charge in [0, 0.05) is 30.4 Å². The molecular weight excluding hydrogens is 524 g/mol. The first-order valence-corrected chi connectivity index (χ1v) is 15.3. The van der Waals surface area contributed by atoms with E-state index >= 15 is 0 Å². The Hall–Kier alpha value is -3.04. The minimum absolute atomic E-state index is 0.0908. The van der Waals surface area contributed by atoms with Gasteiger partial charge < -0.3 is 14.8 Å². The van der Waals surface area contributed by atoms with Gasteiger partial charge in [0.25, 0.3) is 5.91 Å². The number of nitrogens with zero attached hydrogens (tertiary/aromatic N) is 3. The molecule has 2 aliphatic rings. The summed E-state index contributed by atoms with van der Waals surface area (Å²) in [6, 6.07) is 0.0908. The van der Waals surface area contributed by atoms with E-state index in [1.807, 2.05) is 0 Å². The average Bonchev–Trinajstić information content (AvgIpc) is 3.52. The van der Waals surface area contributed by atoms with Crippen LogP contribution in [0.5, 0.6) is 0 Å². The van der Waals surface area contributed by atoms with Crippen molar-refractivity contribution in [1.29, 1.82) is 0 Å². The highest BCUT2D eigenvalue weighted by Gasteiger charge is 2.28. The van der Waals surface area contributed by atoms with Gasteiger partial charge in [0.05, 0.1) is 11.7 Å². The van der Waals surface area contributed by atoms with Crippen molar-refractivity contribution >= 4 is 34.5 Å². The maximum absolute atomic E-state index is 13.3. The van der Waals surface area contributed by atoms with Gasteiger partial charge in [0.1, 0.15) is 16.3 Å². The van der Waals surface area contributed by atoms with Crippen molar-refractivity contribution in [1.82, 2.24) is 14.8 Å². The molecule has 0 saturated carbocycles. The van der Waals surface area contributed by atoms with Gasteiger partial charge in [-0.25, -0.2) is 9.78 Å². The van der Waals surface area contributed by atoms with Gasteiger partial charge in [-0.1, -0.05) is 56.1 Å². The molecule has 2 aromatic rings. The molecular formula is C31H42N4O4S. The molecule has 0 radical (unpaired) electrons. The summed E-state index contributed by atoms with van der Waals surface area (Å²) in [7, 11) is 0. The Kier molecular flexibility index (Phi) is 10.1. The van der Waals surface area contributed by atoms with Crippen LogP contribution in [0.3, 0.4) is 0 Å². The van der Waals surface area contributed by atoms with E-state index in [1.54, 1.807) is 37.0 Å². The topological polar surface area (TPSA) is 95.3 Å². The van der Waals surface area contributed by atoms with Gasteiger partial charge in [-0.3, -0.25) is 9.48 Å². The lowest BCUT2D eigenvalue weighted by Gasteiger charge is -2.22. The third kappa shape index (κ3) is 8.01. The molecule has 8 nitrogen and oxygen atoms in total. The smallest absolute Gasteiger partial charge is 0.361 e. The number of ether oxygens (including phenoxy) is 2. The number of carbonyl (C=O) groups excluding carboxylic acids is 2. The van der Waals surface area contributed by atoms with Crippen molar-refractivity contribution in [3.8, 4) is 0 Å². The Morgan fingerprint density at radius 3 is 2.62 bits per heavy atom. The van der Waals surface area contributed by atoms with E-state index in [0.29, 0.717) is 24.6 Å². The number of rotatable bonds is 10. The second kappa shape index (κ2) is 13.5. The Morgan fingerprint density at radius 2 is 1.93 bits per heavy atom. The highest BCUT2D eigenvalue weighted by Crippen LogP contribution is 2.31. The first kappa shape index (κ1) is 29.9. The van der Waals surface area contributed by atoms with Crippen molar-refractivity contribution in [3.05, 3.63) is 57.3 Å². The summed E-state index contributed by atoms with van der Waals surface area (Å²) in [6.45, 7) is 11.1. The average molecular weight is 567 g/mol. The molecule has 1 amide bonds. The molecule has 1 aliphatic carbocycles. The maximum Gasteiger partial charge on any atom is 0.361 e. The molecule has 0 aromatic carbocycles. The SMILES string of the molecule is CCCCCC1=CC(c2nc(C(=O)Nc3cn(C4CCOCC4)nc3C(=O)OC(C)(C)C)cs2)=CC=C(CC)C1. The number of aromatic nitrogens is 3. The molecule has 40 heavy (non-hydrogen) atoms. The van der Waals surface area contributed by atoms with Crippen LogP contribution < -0.4 is 5.32 Å². The van der Waals surface area contributed by atoms with Crippen LogP contribution in [0, 0.1) is 0 Å². The van der Waals surface area contributed by atoms with E-state index in [9.17, 15) is 9.59 Å². The fourth-order valence-corrected chi connectivity index (χ4v) is 5.61. The summed E-state index contributed by atoms with van der Waals surface area (Å²) in [5, 5.41) is 9.99. The molecule has 0 unspecified atom stereocenters. The number of allylic oxidation sites excluding steroid dienone is 6. The predicted molar refractivity (Wildman–Crippen MR) is 160 cm³/mol. The van der Waals surface area contributed by atoms with Gasteiger partial charge in [-0.2, -0.15) is 5.10 Å². The number of hydrogen-bond donors (Lipinski definition) is 1. The van der Waals surface area contributed by atoms with E-state index in [2.05, 4.69) is 47.5 Å². The summed E-state index contributed by atoms with van der Waals surface area (Å²) in [5.74, 6) is -0.958. The van der Waals surface area contributed by atoms with Gasteiger partial charge in [-0.05, 0) is 59.3 Å². The molecule has 1 saturated heterocycles. The van der Waals surface area contributed by atoms with Crippen molar-refractivity contribution < 1.29 is 19.1 Å². The molecule has 1 N–H and O–H groups in total. The van der Waals surface area contributed by atoms with Crippen LogP contribution in [-0.2, 0) is 9.47 Å². The van der Waals surface area contributed by atoms with Gasteiger partial charge in [-0.15, -0.1) is 11.3 Å². The van der Waals surface area contributed by atoms with Crippen LogP contribution >= 0.6 is 11.3 Å². The van der Waals surface area contributed by atoms with Crippen molar-refractivity contribution in [2.24, 2.45) is 0 Å². The van der Waals surface area contributed by atoms with Crippen LogP contribution in [0.2, 0.25) is 0 Å². The zero-order valence-electron chi connectivity index (χ0n) is 24.4. The molecule has 0 spiro atoms. The summed E-state index contributed by atoms with van der Waals surface area (Å²) in [4.78, 5) is 31.0. The largest absolute Gasteiger partial charge is 0.455 e. The molecule has 1 fully saturated rings. The maximum atomic E-state index is 13.3. The Balaban J connectivity index is 1.56. The summed E-state index contributed by atoms with van der Waals surface area (Å²) in [5.41, 5.74) is 3.88. The Bertz CT molecular complexity index is 1290. The summed E-state index contributed by atoms with van der Waals surface area (Å²) >= 11 is 1.45. The van der Waals surface area contributed by atoms with Crippen LogP contribution in [0.15, 0.2) is 41.0 Å². The minimum atomic E-state index is -0.688. The second-order valence-corrected chi connectivity index (χ2v) is 12.3. The molecule has 9 heteroatoms. The molecule has 1 aliphatic heterocycles. The standard InChI is InChI=1S/C31H42N4O4S/c1-6-8-9-10-22-17-21(7-2)11-12-23(18-22)29-33-26(20-40-29)28(36)32-25-19-35(24-13-15-38-16-14-24)34-27(25)30(37)39-31(3,4)5/h11-12,18-20,24H,6-10,13-17H2,1-5H3,(H,32,36). The van der Waals surface area contributed by atoms with Crippen LogP contribution in [0.25, 0.3) is 5.57 Å². The number of unbranched alkanes of at least 4 members (excludes halogenated alkanes) is 2. The molecule has 216 valence electrons. The predicted octanol–water partition coefficient (Wildman–Crippen LogP) is 7.53. The van der Waals surface area contributed by atoms with Crippen molar-refractivity contribution in [3.63, 3.8) is 0 Å². The minimum Gasteiger partial charge on any atom is -0.455 e. The first-order chi connectivity index (χ1) is 19.2. The van der Waals surface area contributed by atoms with E-state index in [0.717, 1.165) is 42.7 Å². The number of hydrogen-bond acceptors (Lipinski definition) is 7. The lowest BCUT2D eigenvalue weighted by molar-refractivity contribution is 0.00619. The molecule has 2 aromatic heterocycles. The van der Waals surface area contributed by atoms with E-state index in [1.165, 1.54) is 41.7 Å². The van der Waals surface area contributed by atoms with Crippen LogP contribution in [-0.4, -0.2) is 45.5 Å². The van der Waals surface area contributed by atoms with Gasteiger partial charge in [0.2, 0.25) is 0 Å². The highest BCUT2D eigenvalue weighted by molar-refractivity contribution is 7.11. The molecule has 0 bridgehead atoms. The fraction of sp³-hybridized carbons (Fsp3) is 0.548.